The highest BCUT2D eigenvalue weighted by molar-refractivity contribution is 5.40. The number of halogens is 1. The summed E-state index contributed by atoms with van der Waals surface area (Å²) in [6, 6.07) is 12.7. The van der Waals surface area contributed by atoms with Gasteiger partial charge in [-0.15, -0.1) is 0 Å². The van der Waals surface area contributed by atoms with E-state index in [0.29, 0.717) is 0 Å². The van der Waals surface area contributed by atoms with Crippen LogP contribution in [0.1, 0.15) is 22.7 Å². The normalized spacial score (nSPS) is 12.2. The average Bonchev–Trinajstić information content (AvgIpc) is 2.42. The van der Waals surface area contributed by atoms with E-state index >= 15 is 0 Å². The monoisotopic (exact) mass is 259 g/mol. The Bertz CT molecular complexity index is 551. The molecular weight excluding hydrogens is 241 g/mol. The summed E-state index contributed by atoms with van der Waals surface area (Å²) in [6.07, 6.45) is 0. The van der Waals surface area contributed by atoms with Crippen LogP contribution in [0.5, 0.6) is 5.75 Å². The Morgan fingerprint density at radius 1 is 1.05 bits per heavy atom. The zero-order valence-corrected chi connectivity index (χ0v) is 11.4. The zero-order chi connectivity index (χ0) is 13.8. The number of hydrogen-bond donors (Lipinski definition) is 1. The molecule has 2 aromatic rings. The lowest BCUT2D eigenvalue weighted by atomic mass is 9.97. The lowest BCUT2D eigenvalue weighted by Crippen LogP contribution is -2.17. The molecule has 0 aliphatic rings. The van der Waals surface area contributed by atoms with Crippen molar-refractivity contribution in [3.8, 4) is 5.75 Å². The zero-order valence-electron chi connectivity index (χ0n) is 11.4. The van der Waals surface area contributed by atoms with Gasteiger partial charge in [-0.3, -0.25) is 0 Å². The highest BCUT2D eigenvalue weighted by Crippen LogP contribution is 2.26. The maximum Gasteiger partial charge on any atom is 0.123 e. The number of hydrogen-bond acceptors (Lipinski definition) is 2. The van der Waals surface area contributed by atoms with E-state index in [1.165, 1.54) is 12.1 Å². The highest BCUT2D eigenvalue weighted by atomic mass is 19.1. The SMILES string of the molecule is CNC(c1ccc(F)cc1)c1ccc(OC)c(C)c1. The van der Waals surface area contributed by atoms with Gasteiger partial charge in [0.1, 0.15) is 11.6 Å². The van der Waals surface area contributed by atoms with Gasteiger partial charge in [-0.25, -0.2) is 4.39 Å². The molecule has 2 nitrogen and oxygen atoms in total. The Hall–Kier alpha value is -1.87. The van der Waals surface area contributed by atoms with E-state index in [-0.39, 0.29) is 11.9 Å². The molecule has 0 saturated heterocycles. The number of benzene rings is 2. The van der Waals surface area contributed by atoms with E-state index in [1.54, 1.807) is 19.2 Å². The molecule has 0 aromatic heterocycles. The summed E-state index contributed by atoms with van der Waals surface area (Å²) in [4.78, 5) is 0. The Labute approximate surface area is 113 Å². The predicted octanol–water partition coefficient (Wildman–Crippen LogP) is 3.45. The van der Waals surface area contributed by atoms with Crippen molar-refractivity contribution >= 4 is 0 Å². The van der Waals surface area contributed by atoms with Gasteiger partial charge in [0.25, 0.3) is 0 Å². The number of aryl methyl sites for hydroxylation is 1. The summed E-state index contributed by atoms with van der Waals surface area (Å²) in [7, 11) is 3.56. The number of rotatable bonds is 4. The second-order valence-electron chi connectivity index (χ2n) is 4.50. The minimum atomic E-state index is -0.218. The molecule has 0 bridgehead atoms. The van der Waals surface area contributed by atoms with Gasteiger partial charge >= 0.3 is 0 Å². The maximum atomic E-state index is 13.0. The second-order valence-corrected chi connectivity index (χ2v) is 4.50. The fraction of sp³-hybridized carbons (Fsp3) is 0.250. The Balaban J connectivity index is 2.36. The van der Waals surface area contributed by atoms with Crippen molar-refractivity contribution in [1.29, 1.82) is 0 Å². The first-order valence-corrected chi connectivity index (χ1v) is 6.23. The molecule has 1 atom stereocenters. The van der Waals surface area contributed by atoms with Crippen molar-refractivity contribution in [2.45, 2.75) is 13.0 Å². The van der Waals surface area contributed by atoms with Crippen molar-refractivity contribution < 1.29 is 9.13 Å². The molecule has 1 unspecified atom stereocenters. The molecule has 0 fully saturated rings. The van der Waals surface area contributed by atoms with Crippen molar-refractivity contribution in [3.63, 3.8) is 0 Å². The summed E-state index contributed by atoms with van der Waals surface area (Å²) in [5, 5.41) is 3.26. The lowest BCUT2D eigenvalue weighted by Gasteiger charge is -2.18. The fourth-order valence-corrected chi connectivity index (χ4v) is 2.26. The summed E-state index contributed by atoms with van der Waals surface area (Å²) in [5.41, 5.74) is 3.25. The lowest BCUT2D eigenvalue weighted by molar-refractivity contribution is 0.411. The summed E-state index contributed by atoms with van der Waals surface area (Å²) >= 11 is 0. The Morgan fingerprint density at radius 2 is 1.68 bits per heavy atom. The smallest absolute Gasteiger partial charge is 0.123 e. The van der Waals surface area contributed by atoms with E-state index in [1.807, 2.05) is 26.1 Å². The number of methoxy groups -OCH3 is 1. The topological polar surface area (TPSA) is 21.3 Å². The van der Waals surface area contributed by atoms with Crippen LogP contribution in [0.2, 0.25) is 0 Å². The van der Waals surface area contributed by atoms with Crippen LogP contribution < -0.4 is 10.1 Å². The molecule has 2 aromatic carbocycles. The molecule has 0 radical (unpaired) electrons. The third-order valence-electron chi connectivity index (χ3n) is 3.24. The fourth-order valence-electron chi connectivity index (χ4n) is 2.26. The number of nitrogens with one attached hydrogen (secondary N) is 1. The molecule has 2 rings (SSSR count). The summed E-state index contributed by atoms with van der Waals surface area (Å²) in [5.74, 6) is 0.655. The van der Waals surface area contributed by atoms with Crippen LogP contribution in [0.25, 0.3) is 0 Å². The second kappa shape index (κ2) is 5.85. The van der Waals surface area contributed by atoms with Crippen LogP contribution in [0, 0.1) is 12.7 Å². The highest BCUT2D eigenvalue weighted by Gasteiger charge is 2.13. The first-order chi connectivity index (χ1) is 9.15. The van der Waals surface area contributed by atoms with E-state index in [9.17, 15) is 4.39 Å². The molecule has 1 N–H and O–H groups in total. The van der Waals surface area contributed by atoms with Gasteiger partial charge in [-0.2, -0.15) is 0 Å². The van der Waals surface area contributed by atoms with Crippen LogP contribution in [0.4, 0.5) is 4.39 Å². The minimum Gasteiger partial charge on any atom is -0.496 e. The van der Waals surface area contributed by atoms with E-state index in [2.05, 4.69) is 11.4 Å². The van der Waals surface area contributed by atoms with Crippen molar-refractivity contribution in [1.82, 2.24) is 5.32 Å². The molecule has 3 heteroatoms. The molecule has 100 valence electrons. The molecule has 19 heavy (non-hydrogen) atoms. The van der Waals surface area contributed by atoms with Gasteiger partial charge < -0.3 is 10.1 Å². The molecule has 0 heterocycles. The maximum absolute atomic E-state index is 13.0. The van der Waals surface area contributed by atoms with E-state index in [4.69, 9.17) is 4.74 Å². The molecule has 0 saturated carbocycles. The van der Waals surface area contributed by atoms with Gasteiger partial charge in [0.2, 0.25) is 0 Å². The van der Waals surface area contributed by atoms with Crippen LogP contribution >= 0.6 is 0 Å². The van der Waals surface area contributed by atoms with Crippen LogP contribution in [0.3, 0.4) is 0 Å². The Kier molecular flexibility index (Phi) is 4.17. The molecule has 0 aliphatic heterocycles. The van der Waals surface area contributed by atoms with Gasteiger partial charge in [-0.1, -0.05) is 24.3 Å². The largest absolute Gasteiger partial charge is 0.496 e. The van der Waals surface area contributed by atoms with E-state index in [0.717, 1.165) is 22.4 Å². The standard InChI is InChI=1S/C16H18FNO/c1-11-10-13(6-9-15(11)19-3)16(18-2)12-4-7-14(17)8-5-12/h4-10,16,18H,1-3H3. The first kappa shape index (κ1) is 13.6. The predicted molar refractivity (Wildman–Crippen MR) is 75.0 cm³/mol. The summed E-state index contributed by atoms with van der Waals surface area (Å²) < 4.78 is 18.2. The third-order valence-corrected chi connectivity index (χ3v) is 3.24. The molecule has 0 amide bonds. The van der Waals surface area contributed by atoms with Crippen molar-refractivity contribution in [3.05, 3.63) is 65.0 Å². The van der Waals surface area contributed by atoms with Gasteiger partial charge in [0.05, 0.1) is 13.2 Å². The first-order valence-electron chi connectivity index (χ1n) is 6.23. The minimum absolute atomic E-state index is 0.0465. The van der Waals surface area contributed by atoms with Crippen LogP contribution in [-0.4, -0.2) is 14.2 Å². The van der Waals surface area contributed by atoms with Crippen LogP contribution in [-0.2, 0) is 0 Å². The van der Waals surface area contributed by atoms with Gasteiger partial charge in [0.15, 0.2) is 0 Å². The quantitative estimate of drug-likeness (QED) is 0.908. The molecular formula is C16H18FNO. The van der Waals surface area contributed by atoms with Gasteiger partial charge in [0, 0.05) is 0 Å². The van der Waals surface area contributed by atoms with Crippen LogP contribution in [0.15, 0.2) is 42.5 Å². The third kappa shape index (κ3) is 2.93. The van der Waals surface area contributed by atoms with Crippen molar-refractivity contribution in [2.24, 2.45) is 0 Å². The Morgan fingerprint density at radius 3 is 2.21 bits per heavy atom. The number of ether oxygens (including phenoxy) is 1. The average molecular weight is 259 g/mol. The van der Waals surface area contributed by atoms with Crippen molar-refractivity contribution in [2.75, 3.05) is 14.2 Å². The molecule has 0 spiro atoms. The summed E-state index contributed by atoms with van der Waals surface area (Å²) in [6.45, 7) is 2.01. The van der Waals surface area contributed by atoms with E-state index < -0.39 is 0 Å². The molecule has 0 aliphatic carbocycles. The van der Waals surface area contributed by atoms with Gasteiger partial charge in [-0.05, 0) is 48.9 Å².